The number of anilines is 1. The lowest BCUT2D eigenvalue weighted by molar-refractivity contribution is 0.650. The van der Waals surface area contributed by atoms with Crippen LogP contribution in [-0.2, 0) is 6.54 Å². The van der Waals surface area contributed by atoms with Gasteiger partial charge in [-0.1, -0.05) is 12.8 Å². The zero-order chi connectivity index (χ0) is 12.5. The van der Waals surface area contributed by atoms with Crippen LogP contribution in [0.5, 0.6) is 0 Å². The molecule has 2 fully saturated rings. The topological polar surface area (TPSA) is 28.2 Å². The summed E-state index contributed by atoms with van der Waals surface area (Å²) in [5.74, 6) is 0.760. The minimum absolute atomic E-state index is 0.727. The van der Waals surface area contributed by atoms with Crippen LogP contribution >= 0.6 is 11.3 Å². The van der Waals surface area contributed by atoms with Crippen molar-refractivity contribution in [2.75, 3.05) is 19.0 Å². The average molecular weight is 265 g/mol. The average Bonchev–Trinajstić information content (AvgIpc) is 2.93. The molecule has 0 atom stereocenters. The second kappa shape index (κ2) is 5.17. The third-order valence-corrected chi connectivity index (χ3v) is 5.35. The fourth-order valence-electron chi connectivity index (χ4n) is 2.91. The number of nitrogens with zero attached hydrogens (tertiary/aromatic N) is 2. The molecule has 1 aromatic heterocycles. The Bertz CT molecular complexity index is 405. The van der Waals surface area contributed by atoms with Gasteiger partial charge in [0.1, 0.15) is 0 Å². The molecular weight excluding hydrogens is 242 g/mol. The third kappa shape index (κ3) is 2.41. The smallest absolute Gasteiger partial charge is 0.185 e. The van der Waals surface area contributed by atoms with Crippen molar-refractivity contribution in [3.8, 4) is 0 Å². The molecule has 0 aromatic carbocycles. The van der Waals surface area contributed by atoms with Gasteiger partial charge in [0.25, 0.3) is 0 Å². The Hall–Kier alpha value is -0.610. The highest BCUT2D eigenvalue weighted by Crippen LogP contribution is 2.44. The molecule has 3 nitrogen and oxygen atoms in total. The maximum Gasteiger partial charge on any atom is 0.185 e. The van der Waals surface area contributed by atoms with E-state index in [1.54, 1.807) is 0 Å². The second-order valence-electron chi connectivity index (χ2n) is 5.66. The lowest BCUT2D eigenvalue weighted by Crippen LogP contribution is -2.28. The number of thiazole rings is 1. The van der Waals surface area contributed by atoms with Gasteiger partial charge in [-0.05, 0) is 32.7 Å². The number of hydrogen-bond donors (Lipinski definition) is 1. The summed E-state index contributed by atoms with van der Waals surface area (Å²) in [6, 6.07) is 0.727. The van der Waals surface area contributed by atoms with Crippen molar-refractivity contribution in [1.82, 2.24) is 10.3 Å². The molecule has 1 aromatic rings. The molecular formula is C14H23N3S. The summed E-state index contributed by atoms with van der Waals surface area (Å²) < 4.78 is 0. The van der Waals surface area contributed by atoms with Crippen LogP contribution in [0.3, 0.4) is 0 Å². The Morgan fingerprint density at radius 2 is 2.00 bits per heavy atom. The maximum absolute atomic E-state index is 4.94. The number of aromatic nitrogens is 1. The highest BCUT2D eigenvalue weighted by molar-refractivity contribution is 7.15. The van der Waals surface area contributed by atoms with E-state index in [0.29, 0.717) is 0 Å². The standard InChI is InChI=1S/C14H23N3S/c1-15-9-12-13(10-7-8-10)16-14(18-12)17(2)11-5-3-4-6-11/h10-11,15H,3-9H2,1-2H3. The molecule has 4 heteroatoms. The molecule has 0 saturated heterocycles. The fraction of sp³-hybridized carbons (Fsp3) is 0.786. The quantitative estimate of drug-likeness (QED) is 0.886. The van der Waals surface area contributed by atoms with Gasteiger partial charge in [-0.25, -0.2) is 4.98 Å². The normalized spacial score (nSPS) is 20.6. The van der Waals surface area contributed by atoms with E-state index in [2.05, 4.69) is 17.3 Å². The van der Waals surface area contributed by atoms with Crippen LogP contribution in [-0.4, -0.2) is 25.1 Å². The zero-order valence-electron chi connectivity index (χ0n) is 11.4. The molecule has 0 amide bonds. The van der Waals surface area contributed by atoms with Gasteiger partial charge in [0.15, 0.2) is 5.13 Å². The molecule has 2 aliphatic rings. The first-order valence-corrected chi connectivity index (χ1v) is 7.98. The van der Waals surface area contributed by atoms with Crippen LogP contribution in [0, 0.1) is 0 Å². The Morgan fingerprint density at radius 1 is 1.28 bits per heavy atom. The van der Waals surface area contributed by atoms with E-state index in [1.165, 1.54) is 54.2 Å². The first-order chi connectivity index (χ1) is 8.79. The van der Waals surface area contributed by atoms with E-state index < -0.39 is 0 Å². The number of nitrogens with one attached hydrogen (secondary N) is 1. The summed E-state index contributed by atoms with van der Waals surface area (Å²) >= 11 is 1.90. The molecule has 3 rings (SSSR count). The van der Waals surface area contributed by atoms with E-state index in [1.807, 2.05) is 18.4 Å². The van der Waals surface area contributed by atoms with E-state index in [0.717, 1.165) is 18.5 Å². The summed E-state index contributed by atoms with van der Waals surface area (Å²) in [4.78, 5) is 8.83. The van der Waals surface area contributed by atoms with E-state index in [-0.39, 0.29) is 0 Å². The monoisotopic (exact) mass is 265 g/mol. The van der Waals surface area contributed by atoms with Gasteiger partial charge >= 0.3 is 0 Å². The molecule has 2 saturated carbocycles. The van der Waals surface area contributed by atoms with Crippen molar-refractivity contribution in [1.29, 1.82) is 0 Å². The second-order valence-corrected chi connectivity index (χ2v) is 6.72. The summed E-state index contributed by atoms with van der Waals surface area (Å²) in [5, 5.41) is 4.53. The van der Waals surface area contributed by atoms with Crippen molar-refractivity contribution in [2.45, 2.75) is 57.0 Å². The van der Waals surface area contributed by atoms with Crippen LogP contribution in [0.15, 0.2) is 0 Å². The van der Waals surface area contributed by atoms with Crippen LogP contribution < -0.4 is 10.2 Å². The highest BCUT2D eigenvalue weighted by atomic mass is 32.1. The minimum atomic E-state index is 0.727. The predicted octanol–water partition coefficient (Wildman–Crippen LogP) is 3.12. The fourth-order valence-corrected chi connectivity index (χ4v) is 4.10. The predicted molar refractivity (Wildman–Crippen MR) is 77.5 cm³/mol. The van der Waals surface area contributed by atoms with Crippen molar-refractivity contribution in [2.24, 2.45) is 0 Å². The molecule has 0 radical (unpaired) electrons. The maximum atomic E-state index is 4.94. The minimum Gasteiger partial charge on any atom is -0.348 e. The Morgan fingerprint density at radius 3 is 2.61 bits per heavy atom. The molecule has 1 heterocycles. The van der Waals surface area contributed by atoms with Gasteiger partial charge in [0.2, 0.25) is 0 Å². The number of hydrogen-bond acceptors (Lipinski definition) is 4. The Kier molecular flexibility index (Phi) is 3.57. The molecule has 0 unspecified atom stereocenters. The summed E-state index contributed by atoms with van der Waals surface area (Å²) in [5.41, 5.74) is 1.38. The lowest BCUT2D eigenvalue weighted by atomic mass is 10.2. The van der Waals surface area contributed by atoms with Crippen molar-refractivity contribution in [3.05, 3.63) is 10.6 Å². The molecule has 18 heavy (non-hydrogen) atoms. The number of rotatable bonds is 5. The van der Waals surface area contributed by atoms with Gasteiger partial charge in [-0.3, -0.25) is 0 Å². The molecule has 100 valence electrons. The Balaban J connectivity index is 1.80. The van der Waals surface area contributed by atoms with E-state index in [9.17, 15) is 0 Å². The summed E-state index contributed by atoms with van der Waals surface area (Å²) in [6.45, 7) is 0.974. The lowest BCUT2D eigenvalue weighted by Gasteiger charge is -2.23. The molecule has 0 aliphatic heterocycles. The molecule has 1 N–H and O–H groups in total. The van der Waals surface area contributed by atoms with Gasteiger partial charge in [-0.15, -0.1) is 11.3 Å². The first kappa shape index (κ1) is 12.4. The Labute approximate surface area is 114 Å². The van der Waals surface area contributed by atoms with Gasteiger partial charge in [0, 0.05) is 30.4 Å². The van der Waals surface area contributed by atoms with Crippen molar-refractivity contribution >= 4 is 16.5 Å². The SMILES string of the molecule is CNCc1sc(N(C)C2CCCC2)nc1C1CC1. The van der Waals surface area contributed by atoms with Crippen LogP contribution in [0.1, 0.15) is 55.0 Å². The summed E-state index contributed by atoms with van der Waals surface area (Å²) in [6.07, 6.45) is 8.14. The molecule has 0 spiro atoms. The van der Waals surface area contributed by atoms with Gasteiger partial charge < -0.3 is 10.2 Å². The highest BCUT2D eigenvalue weighted by Gasteiger charge is 2.31. The van der Waals surface area contributed by atoms with Gasteiger partial charge in [0.05, 0.1) is 5.69 Å². The van der Waals surface area contributed by atoms with Crippen LogP contribution in [0.4, 0.5) is 5.13 Å². The largest absolute Gasteiger partial charge is 0.348 e. The van der Waals surface area contributed by atoms with Crippen LogP contribution in [0.2, 0.25) is 0 Å². The van der Waals surface area contributed by atoms with Crippen LogP contribution in [0.25, 0.3) is 0 Å². The third-order valence-electron chi connectivity index (χ3n) is 4.19. The zero-order valence-corrected chi connectivity index (χ0v) is 12.2. The van der Waals surface area contributed by atoms with Crippen molar-refractivity contribution in [3.63, 3.8) is 0 Å². The van der Waals surface area contributed by atoms with Crippen molar-refractivity contribution < 1.29 is 0 Å². The van der Waals surface area contributed by atoms with Gasteiger partial charge in [-0.2, -0.15) is 0 Å². The van der Waals surface area contributed by atoms with E-state index >= 15 is 0 Å². The molecule has 0 bridgehead atoms. The summed E-state index contributed by atoms with van der Waals surface area (Å²) in [7, 11) is 4.26. The van der Waals surface area contributed by atoms with E-state index in [4.69, 9.17) is 4.98 Å². The molecule has 2 aliphatic carbocycles. The first-order valence-electron chi connectivity index (χ1n) is 7.16.